The van der Waals surface area contributed by atoms with E-state index in [1.165, 1.54) is 6.42 Å². The molecule has 0 aromatic carbocycles. The molecule has 0 amide bonds. The molecule has 0 aromatic rings. The summed E-state index contributed by atoms with van der Waals surface area (Å²) in [5.41, 5.74) is 0.172. The number of piperidine rings is 1. The molecule has 2 N–H and O–H groups in total. The van der Waals surface area contributed by atoms with Crippen LogP contribution in [0.2, 0.25) is 0 Å². The van der Waals surface area contributed by atoms with Crippen LogP contribution in [0.4, 0.5) is 0 Å². The first-order valence-corrected chi connectivity index (χ1v) is 8.23. The third-order valence-corrected chi connectivity index (χ3v) is 5.04. The first-order valence-electron chi connectivity index (χ1n) is 6.58. The number of hydrogen-bond acceptors (Lipinski definition) is 3. The largest absolute Gasteiger partial charge is 0.312 e. The van der Waals surface area contributed by atoms with Crippen LogP contribution in [-0.2, 0) is 10.0 Å². The maximum Gasteiger partial charge on any atom is 0.211 e. The van der Waals surface area contributed by atoms with Crippen molar-refractivity contribution in [3.05, 3.63) is 0 Å². The molecule has 1 aliphatic rings. The van der Waals surface area contributed by atoms with E-state index in [4.69, 9.17) is 0 Å². The molecule has 1 aliphatic heterocycles. The van der Waals surface area contributed by atoms with Gasteiger partial charge in [-0.1, -0.05) is 27.2 Å². The van der Waals surface area contributed by atoms with Crippen molar-refractivity contribution >= 4 is 10.0 Å². The summed E-state index contributed by atoms with van der Waals surface area (Å²) < 4.78 is 26.1. The molecule has 102 valence electrons. The topological polar surface area (TPSA) is 58.2 Å². The van der Waals surface area contributed by atoms with Gasteiger partial charge in [0.2, 0.25) is 10.0 Å². The summed E-state index contributed by atoms with van der Waals surface area (Å²) in [5, 5.41) is 3.41. The lowest BCUT2D eigenvalue weighted by Crippen LogP contribution is -2.53. The second-order valence-electron chi connectivity index (χ2n) is 5.62. The van der Waals surface area contributed by atoms with Gasteiger partial charge in [-0.25, -0.2) is 13.1 Å². The SMILES string of the molecule is CCCCS(=O)(=O)NCC1NCCCC1(C)C. The Balaban J connectivity index is 2.44. The van der Waals surface area contributed by atoms with Gasteiger partial charge in [0, 0.05) is 12.6 Å². The molecule has 0 spiro atoms. The van der Waals surface area contributed by atoms with Crippen LogP contribution in [0.1, 0.15) is 46.5 Å². The van der Waals surface area contributed by atoms with Crippen LogP contribution in [0.25, 0.3) is 0 Å². The van der Waals surface area contributed by atoms with E-state index in [1.807, 2.05) is 6.92 Å². The molecule has 4 nitrogen and oxygen atoms in total. The molecule has 1 heterocycles. The van der Waals surface area contributed by atoms with Gasteiger partial charge < -0.3 is 5.32 Å². The Morgan fingerprint density at radius 2 is 2.12 bits per heavy atom. The van der Waals surface area contributed by atoms with Crippen molar-refractivity contribution < 1.29 is 8.42 Å². The van der Waals surface area contributed by atoms with Gasteiger partial charge >= 0.3 is 0 Å². The Morgan fingerprint density at radius 1 is 1.41 bits per heavy atom. The summed E-state index contributed by atoms with van der Waals surface area (Å²) in [4.78, 5) is 0. The van der Waals surface area contributed by atoms with Crippen LogP contribution in [-0.4, -0.2) is 33.3 Å². The smallest absolute Gasteiger partial charge is 0.211 e. The van der Waals surface area contributed by atoms with E-state index in [9.17, 15) is 8.42 Å². The average molecular weight is 262 g/mol. The standard InChI is InChI=1S/C12H26N2O2S/c1-4-5-9-17(15,16)14-10-11-12(2,3)7-6-8-13-11/h11,13-14H,4-10H2,1-3H3. The summed E-state index contributed by atoms with van der Waals surface area (Å²) in [7, 11) is -3.08. The van der Waals surface area contributed by atoms with Crippen molar-refractivity contribution in [2.24, 2.45) is 5.41 Å². The second kappa shape index (κ2) is 6.16. The maximum atomic E-state index is 11.7. The van der Waals surface area contributed by atoms with Gasteiger partial charge in [-0.05, 0) is 31.2 Å². The van der Waals surface area contributed by atoms with E-state index in [2.05, 4.69) is 23.9 Å². The Kier molecular flexibility index (Phi) is 5.41. The molecular formula is C12H26N2O2S. The van der Waals surface area contributed by atoms with Crippen molar-refractivity contribution in [3.8, 4) is 0 Å². The number of nitrogens with one attached hydrogen (secondary N) is 2. The third-order valence-electron chi connectivity index (χ3n) is 3.61. The van der Waals surface area contributed by atoms with Crippen molar-refractivity contribution in [2.45, 2.75) is 52.5 Å². The van der Waals surface area contributed by atoms with Crippen LogP contribution in [0.15, 0.2) is 0 Å². The molecule has 5 heteroatoms. The van der Waals surface area contributed by atoms with Crippen LogP contribution >= 0.6 is 0 Å². The fourth-order valence-electron chi connectivity index (χ4n) is 2.24. The van der Waals surface area contributed by atoms with Gasteiger partial charge in [0.15, 0.2) is 0 Å². The van der Waals surface area contributed by atoms with Gasteiger partial charge in [0.05, 0.1) is 5.75 Å². The fraction of sp³-hybridized carbons (Fsp3) is 1.00. The van der Waals surface area contributed by atoms with Gasteiger partial charge in [-0.15, -0.1) is 0 Å². The average Bonchev–Trinajstić information content (AvgIpc) is 2.24. The monoisotopic (exact) mass is 262 g/mol. The van der Waals surface area contributed by atoms with Crippen LogP contribution < -0.4 is 10.0 Å². The molecule has 1 unspecified atom stereocenters. The molecule has 0 aliphatic carbocycles. The molecule has 0 bridgehead atoms. The van der Waals surface area contributed by atoms with Crippen LogP contribution in [0.5, 0.6) is 0 Å². The number of hydrogen-bond donors (Lipinski definition) is 2. The van der Waals surface area contributed by atoms with E-state index in [-0.39, 0.29) is 17.2 Å². The first-order chi connectivity index (χ1) is 7.87. The zero-order valence-corrected chi connectivity index (χ0v) is 12.1. The highest BCUT2D eigenvalue weighted by molar-refractivity contribution is 7.89. The molecule has 1 atom stereocenters. The predicted molar refractivity (Wildman–Crippen MR) is 71.5 cm³/mol. The van der Waals surface area contributed by atoms with Gasteiger partial charge in [0.1, 0.15) is 0 Å². The quantitative estimate of drug-likeness (QED) is 0.762. The fourth-order valence-corrected chi connectivity index (χ4v) is 3.47. The lowest BCUT2D eigenvalue weighted by atomic mass is 9.78. The highest BCUT2D eigenvalue weighted by atomic mass is 32.2. The summed E-state index contributed by atoms with van der Waals surface area (Å²) in [6.45, 7) is 7.90. The van der Waals surface area contributed by atoms with Gasteiger partial charge in [0.25, 0.3) is 0 Å². The predicted octanol–water partition coefficient (Wildman–Crippen LogP) is 1.48. The molecular weight excluding hydrogens is 236 g/mol. The van der Waals surface area contributed by atoms with E-state index in [0.29, 0.717) is 6.54 Å². The van der Waals surface area contributed by atoms with Crippen molar-refractivity contribution in [1.82, 2.24) is 10.0 Å². The second-order valence-corrected chi connectivity index (χ2v) is 7.55. The third kappa shape index (κ3) is 4.94. The van der Waals surface area contributed by atoms with E-state index < -0.39 is 10.0 Å². The number of sulfonamides is 1. The Hall–Kier alpha value is -0.130. The summed E-state index contributed by atoms with van der Waals surface area (Å²) in [5.74, 6) is 0.247. The van der Waals surface area contributed by atoms with Crippen molar-refractivity contribution in [2.75, 3.05) is 18.8 Å². The molecule has 1 fully saturated rings. The minimum absolute atomic E-state index is 0.172. The van der Waals surface area contributed by atoms with Gasteiger partial charge in [-0.2, -0.15) is 0 Å². The molecule has 0 aromatic heterocycles. The lowest BCUT2D eigenvalue weighted by Gasteiger charge is -2.39. The normalized spacial score (nSPS) is 24.8. The number of unbranched alkanes of at least 4 members (excludes halogenated alkanes) is 1. The summed E-state index contributed by atoms with van der Waals surface area (Å²) in [6, 6.07) is 0.243. The van der Waals surface area contributed by atoms with E-state index in [1.54, 1.807) is 0 Å². The van der Waals surface area contributed by atoms with Crippen molar-refractivity contribution in [1.29, 1.82) is 0 Å². The van der Waals surface area contributed by atoms with Crippen LogP contribution in [0, 0.1) is 5.41 Å². The first kappa shape index (κ1) is 14.9. The summed E-state index contributed by atoms with van der Waals surface area (Å²) >= 11 is 0. The lowest BCUT2D eigenvalue weighted by molar-refractivity contribution is 0.181. The molecule has 1 saturated heterocycles. The van der Waals surface area contributed by atoms with Crippen molar-refractivity contribution in [3.63, 3.8) is 0 Å². The van der Waals surface area contributed by atoms with E-state index in [0.717, 1.165) is 25.8 Å². The molecule has 0 saturated carbocycles. The van der Waals surface area contributed by atoms with Crippen LogP contribution in [0.3, 0.4) is 0 Å². The Morgan fingerprint density at radius 3 is 2.71 bits per heavy atom. The zero-order chi connectivity index (χ0) is 12.9. The minimum Gasteiger partial charge on any atom is -0.312 e. The molecule has 17 heavy (non-hydrogen) atoms. The molecule has 0 radical (unpaired) electrons. The Labute approximate surface area is 106 Å². The highest BCUT2D eigenvalue weighted by Crippen LogP contribution is 2.29. The van der Waals surface area contributed by atoms with Gasteiger partial charge in [-0.3, -0.25) is 0 Å². The summed E-state index contributed by atoms with van der Waals surface area (Å²) in [6.07, 6.45) is 3.97. The zero-order valence-electron chi connectivity index (χ0n) is 11.3. The number of rotatable bonds is 6. The molecule has 1 rings (SSSR count). The maximum absolute atomic E-state index is 11.7. The van der Waals surface area contributed by atoms with E-state index >= 15 is 0 Å². The minimum atomic E-state index is -3.08. The Bertz CT molecular complexity index is 325. The highest BCUT2D eigenvalue weighted by Gasteiger charge is 2.32.